The Morgan fingerprint density at radius 3 is 2.77 bits per heavy atom. The monoisotopic (exact) mass is 415 g/mol. The second-order valence-corrected chi connectivity index (χ2v) is 7.60. The molecule has 1 amide bonds. The van der Waals surface area contributed by atoms with Gasteiger partial charge in [-0.1, -0.05) is 47.7 Å². The van der Waals surface area contributed by atoms with Crippen LogP contribution in [0.1, 0.15) is 18.1 Å². The third kappa shape index (κ3) is 4.72. The number of anilines is 1. The van der Waals surface area contributed by atoms with Crippen LogP contribution in [0.25, 0.3) is 16.3 Å². The summed E-state index contributed by atoms with van der Waals surface area (Å²) in [6.07, 6.45) is 6.89. The number of hydrogen-bond donors (Lipinski definition) is 0. The van der Waals surface area contributed by atoms with Gasteiger partial charge in [0, 0.05) is 18.5 Å². The maximum atomic E-state index is 13.1. The molecule has 2 aromatic carbocycles. The predicted octanol–water partition coefficient (Wildman–Crippen LogP) is 5.34. The summed E-state index contributed by atoms with van der Waals surface area (Å²) >= 11 is 1.47. The van der Waals surface area contributed by atoms with Crippen LogP contribution in [0.5, 0.6) is 5.75 Å². The molecule has 0 fully saturated rings. The van der Waals surface area contributed by atoms with E-state index in [2.05, 4.69) is 4.98 Å². The van der Waals surface area contributed by atoms with Gasteiger partial charge < -0.3 is 4.74 Å². The molecule has 0 unspecified atom stereocenters. The maximum absolute atomic E-state index is 13.1. The lowest BCUT2D eigenvalue weighted by Crippen LogP contribution is -2.28. The highest BCUT2D eigenvalue weighted by molar-refractivity contribution is 7.22. The summed E-state index contributed by atoms with van der Waals surface area (Å²) in [6.45, 7) is 2.95. The quantitative estimate of drug-likeness (QED) is 0.383. The Labute approximate surface area is 179 Å². The summed E-state index contributed by atoms with van der Waals surface area (Å²) in [6, 6.07) is 19.4. The van der Waals surface area contributed by atoms with E-state index in [1.54, 1.807) is 23.4 Å². The van der Waals surface area contributed by atoms with E-state index in [9.17, 15) is 4.79 Å². The summed E-state index contributed by atoms with van der Waals surface area (Å²) < 4.78 is 6.57. The van der Waals surface area contributed by atoms with E-state index in [4.69, 9.17) is 9.72 Å². The zero-order chi connectivity index (χ0) is 20.8. The lowest BCUT2D eigenvalue weighted by molar-refractivity contribution is -0.114. The van der Waals surface area contributed by atoms with Crippen LogP contribution in [0, 0.1) is 0 Å². The second-order valence-electron chi connectivity index (χ2n) is 6.59. The number of pyridine rings is 1. The molecule has 5 nitrogen and oxygen atoms in total. The number of carbonyl (C=O) groups is 1. The van der Waals surface area contributed by atoms with Crippen molar-refractivity contribution in [3.63, 3.8) is 0 Å². The summed E-state index contributed by atoms with van der Waals surface area (Å²) in [4.78, 5) is 23.7. The zero-order valence-corrected chi connectivity index (χ0v) is 17.4. The molecule has 6 heteroatoms. The van der Waals surface area contributed by atoms with Crippen molar-refractivity contribution in [1.82, 2.24) is 9.97 Å². The normalized spacial score (nSPS) is 11.1. The highest BCUT2D eigenvalue weighted by atomic mass is 32.1. The lowest BCUT2D eigenvalue weighted by atomic mass is 10.2. The van der Waals surface area contributed by atoms with Gasteiger partial charge in [-0.15, -0.1) is 0 Å². The second kappa shape index (κ2) is 9.33. The number of carbonyl (C=O) groups excluding carboxylic acids is 1. The number of amides is 1. The van der Waals surface area contributed by atoms with Gasteiger partial charge >= 0.3 is 0 Å². The van der Waals surface area contributed by atoms with Crippen LogP contribution in [0.15, 0.2) is 79.1 Å². The molecule has 0 bridgehead atoms. The standard InChI is InChI=1S/C24H21N3O2S/c1-2-29-20-11-12-21-22(15-20)30-24(26-21)27(17-19-9-6-14-25-16-19)23(28)13-10-18-7-4-3-5-8-18/h3-16H,2,17H2,1H3/b13-10+. The fourth-order valence-electron chi connectivity index (χ4n) is 3.00. The minimum atomic E-state index is -0.133. The Morgan fingerprint density at radius 2 is 2.00 bits per heavy atom. The summed E-state index contributed by atoms with van der Waals surface area (Å²) in [7, 11) is 0. The fourth-order valence-corrected chi connectivity index (χ4v) is 4.00. The molecule has 0 radical (unpaired) electrons. The highest BCUT2D eigenvalue weighted by Crippen LogP contribution is 2.32. The minimum Gasteiger partial charge on any atom is -0.494 e. The smallest absolute Gasteiger partial charge is 0.253 e. The summed E-state index contributed by atoms with van der Waals surface area (Å²) in [5.41, 5.74) is 2.75. The van der Waals surface area contributed by atoms with Gasteiger partial charge in [-0.25, -0.2) is 4.98 Å². The highest BCUT2D eigenvalue weighted by Gasteiger charge is 2.19. The Morgan fingerprint density at radius 1 is 1.13 bits per heavy atom. The van der Waals surface area contributed by atoms with Gasteiger partial charge in [0.25, 0.3) is 5.91 Å². The van der Waals surface area contributed by atoms with Gasteiger partial charge in [0.15, 0.2) is 5.13 Å². The third-order valence-corrected chi connectivity index (χ3v) is 5.48. The molecule has 150 valence electrons. The molecule has 30 heavy (non-hydrogen) atoms. The van der Waals surface area contributed by atoms with Crippen LogP contribution in [-0.2, 0) is 11.3 Å². The predicted molar refractivity (Wildman–Crippen MR) is 122 cm³/mol. The first-order valence-corrected chi connectivity index (χ1v) is 10.5. The van der Waals surface area contributed by atoms with Gasteiger partial charge in [0.05, 0.1) is 23.4 Å². The number of aromatic nitrogens is 2. The van der Waals surface area contributed by atoms with Crippen molar-refractivity contribution in [2.45, 2.75) is 13.5 Å². The number of benzene rings is 2. The fraction of sp³-hybridized carbons (Fsp3) is 0.125. The molecule has 0 saturated carbocycles. The molecule has 4 rings (SSSR count). The molecule has 2 heterocycles. The molecule has 0 aliphatic rings. The van der Waals surface area contributed by atoms with Crippen molar-refractivity contribution >= 4 is 38.7 Å². The number of rotatable bonds is 7. The first-order chi connectivity index (χ1) is 14.7. The molecule has 4 aromatic rings. The first-order valence-electron chi connectivity index (χ1n) is 9.70. The molecule has 0 aliphatic carbocycles. The van der Waals surface area contributed by atoms with E-state index >= 15 is 0 Å². The van der Waals surface area contributed by atoms with Crippen molar-refractivity contribution < 1.29 is 9.53 Å². The van der Waals surface area contributed by atoms with Crippen molar-refractivity contribution in [2.75, 3.05) is 11.5 Å². The Kier molecular flexibility index (Phi) is 6.15. The van der Waals surface area contributed by atoms with E-state index in [-0.39, 0.29) is 5.91 Å². The summed E-state index contributed by atoms with van der Waals surface area (Å²) in [5, 5.41) is 0.644. The lowest BCUT2D eigenvalue weighted by Gasteiger charge is -2.18. The van der Waals surface area contributed by atoms with Crippen molar-refractivity contribution in [3.05, 3.63) is 90.3 Å². The molecular formula is C24H21N3O2S. The number of nitrogens with zero attached hydrogens (tertiary/aromatic N) is 3. The molecule has 0 N–H and O–H groups in total. The largest absolute Gasteiger partial charge is 0.494 e. The average molecular weight is 416 g/mol. The van der Waals surface area contributed by atoms with Crippen LogP contribution in [0.4, 0.5) is 5.13 Å². The molecule has 2 aromatic heterocycles. The molecule has 0 saturated heterocycles. The van der Waals surface area contributed by atoms with Gasteiger partial charge in [-0.3, -0.25) is 14.7 Å². The van der Waals surface area contributed by atoms with Crippen molar-refractivity contribution in [1.29, 1.82) is 0 Å². The number of fused-ring (bicyclic) bond motifs is 1. The minimum absolute atomic E-state index is 0.133. The molecule has 0 aliphatic heterocycles. The van der Waals surface area contributed by atoms with Crippen LogP contribution in [0.3, 0.4) is 0 Å². The van der Waals surface area contributed by atoms with E-state index in [0.29, 0.717) is 18.3 Å². The van der Waals surface area contributed by atoms with E-state index in [1.807, 2.05) is 73.7 Å². The maximum Gasteiger partial charge on any atom is 0.253 e. The number of ether oxygens (including phenoxy) is 1. The topological polar surface area (TPSA) is 55.3 Å². The van der Waals surface area contributed by atoms with E-state index < -0.39 is 0 Å². The van der Waals surface area contributed by atoms with Gasteiger partial charge in [-0.05, 0) is 48.4 Å². The van der Waals surface area contributed by atoms with Crippen LogP contribution < -0.4 is 9.64 Å². The molecular weight excluding hydrogens is 394 g/mol. The molecule has 0 spiro atoms. The van der Waals surface area contributed by atoms with Crippen LogP contribution >= 0.6 is 11.3 Å². The van der Waals surface area contributed by atoms with Gasteiger partial charge in [-0.2, -0.15) is 0 Å². The van der Waals surface area contributed by atoms with Crippen molar-refractivity contribution in [2.24, 2.45) is 0 Å². The van der Waals surface area contributed by atoms with Crippen LogP contribution in [0.2, 0.25) is 0 Å². The Bertz CT molecular complexity index is 1160. The van der Waals surface area contributed by atoms with Crippen LogP contribution in [-0.4, -0.2) is 22.5 Å². The Balaban J connectivity index is 1.66. The van der Waals surface area contributed by atoms with Gasteiger partial charge in [0.1, 0.15) is 5.75 Å². The average Bonchev–Trinajstić information content (AvgIpc) is 3.20. The van der Waals surface area contributed by atoms with E-state index in [0.717, 1.165) is 27.1 Å². The Hall–Kier alpha value is -3.51. The van der Waals surface area contributed by atoms with E-state index in [1.165, 1.54) is 11.3 Å². The number of hydrogen-bond acceptors (Lipinski definition) is 5. The number of thiazole rings is 1. The zero-order valence-electron chi connectivity index (χ0n) is 16.6. The molecule has 0 atom stereocenters. The van der Waals surface area contributed by atoms with Gasteiger partial charge in [0.2, 0.25) is 0 Å². The SMILES string of the molecule is CCOc1ccc2nc(N(Cc3cccnc3)C(=O)/C=C/c3ccccc3)sc2c1. The first kappa shape index (κ1) is 19.8. The third-order valence-electron chi connectivity index (χ3n) is 4.44. The van der Waals surface area contributed by atoms with Crippen molar-refractivity contribution in [3.8, 4) is 5.75 Å². The summed E-state index contributed by atoms with van der Waals surface area (Å²) in [5.74, 6) is 0.668.